The highest BCUT2D eigenvalue weighted by Crippen LogP contribution is 2.46. The van der Waals surface area contributed by atoms with E-state index in [9.17, 15) is 4.79 Å². The molecule has 1 aromatic carbocycles. The number of hydrogen-bond donors (Lipinski definition) is 0. The first-order valence-electron chi connectivity index (χ1n) is 10.5. The van der Waals surface area contributed by atoms with Crippen molar-refractivity contribution >= 4 is 11.7 Å². The minimum Gasteiger partial charge on any atom is -0.372 e. The van der Waals surface area contributed by atoms with Crippen LogP contribution >= 0.6 is 0 Å². The summed E-state index contributed by atoms with van der Waals surface area (Å²) in [5.41, 5.74) is 4.84. The number of benzene rings is 1. The predicted molar refractivity (Wildman–Crippen MR) is 113 cm³/mol. The lowest BCUT2D eigenvalue weighted by molar-refractivity contribution is -0.137. The number of fused-ring (bicyclic) bond motifs is 1. The van der Waals surface area contributed by atoms with Gasteiger partial charge in [0.2, 0.25) is 5.91 Å². The van der Waals surface area contributed by atoms with Gasteiger partial charge in [-0.05, 0) is 49.9 Å². The van der Waals surface area contributed by atoms with Crippen molar-refractivity contribution in [3.63, 3.8) is 0 Å². The maximum atomic E-state index is 12.9. The number of ether oxygens (including phenoxy) is 1. The first kappa shape index (κ1) is 19.8. The molecule has 2 saturated heterocycles. The second-order valence-corrected chi connectivity index (χ2v) is 8.29. The number of aryl methyl sites for hydroxylation is 2. The lowest BCUT2D eigenvalue weighted by atomic mass is 9.87. The fourth-order valence-electron chi connectivity index (χ4n) is 4.88. The minimum absolute atomic E-state index is 0.0808. The van der Waals surface area contributed by atoms with E-state index in [1.54, 1.807) is 0 Å². The summed E-state index contributed by atoms with van der Waals surface area (Å²) in [6, 6.07) is 8.52. The van der Waals surface area contributed by atoms with Gasteiger partial charge in [0.25, 0.3) is 0 Å². The molecule has 0 unspecified atom stereocenters. The third-order valence-corrected chi connectivity index (χ3v) is 6.55. The standard InChI is InChI=1S/C23H30N4O2/c1-5-29-14-21(28)27-12-18-11-26(23-17(4)16(3)10-24-25-23)13-20(18)22(27)19-9-7-6-8-15(19)2/h6-10,18,20,22H,5,11-14H2,1-4H3/t18-,20-,22-/m0/s1. The van der Waals surface area contributed by atoms with E-state index < -0.39 is 0 Å². The molecule has 0 spiro atoms. The number of carbonyl (C=O) groups excluding carboxylic acids is 1. The number of rotatable bonds is 5. The van der Waals surface area contributed by atoms with Crippen LogP contribution in [0.4, 0.5) is 5.82 Å². The van der Waals surface area contributed by atoms with Crippen LogP contribution in [0.2, 0.25) is 0 Å². The zero-order chi connectivity index (χ0) is 20.5. The van der Waals surface area contributed by atoms with Gasteiger partial charge in [0, 0.05) is 38.1 Å². The molecule has 2 aliphatic heterocycles. The van der Waals surface area contributed by atoms with Crippen molar-refractivity contribution in [2.45, 2.75) is 33.7 Å². The second kappa shape index (κ2) is 8.11. The Kier molecular flexibility index (Phi) is 5.54. The Hall–Kier alpha value is -2.47. The van der Waals surface area contributed by atoms with Crippen molar-refractivity contribution < 1.29 is 9.53 Å². The predicted octanol–water partition coefficient (Wildman–Crippen LogP) is 3.07. The third-order valence-electron chi connectivity index (χ3n) is 6.55. The van der Waals surface area contributed by atoms with Gasteiger partial charge in [-0.25, -0.2) is 0 Å². The molecule has 2 aromatic rings. The highest BCUT2D eigenvalue weighted by molar-refractivity contribution is 5.78. The Morgan fingerprint density at radius 2 is 1.93 bits per heavy atom. The van der Waals surface area contributed by atoms with Crippen LogP contribution in [0.25, 0.3) is 0 Å². The lowest BCUT2D eigenvalue weighted by Gasteiger charge is -2.31. The molecule has 0 aliphatic carbocycles. The molecule has 1 aromatic heterocycles. The van der Waals surface area contributed by atoms with Gasteiger partial charge in [0.05, 0.1) is 12.2 Å². The second-order valence-electron chi connectivity index (χ2n) is 8.29. The fraction of sp³-hybridized carbons (Fsp3) is 0.522. The van der Waals surface area contributed by atoms with Crippen LogP contribution in [-0.4, -0.2) is 53.9 Å². The molecule has 0 bridgehead atoms. The first-order chi connectivity index (χ1) is 14.0. The summed E-state index contributed by atoms with van der Waals surface area (Å²) in [5, 5.41) is 8.61. The van der Waals surface area contributed by atoms with Gasteiger partial charge < -0.3 is 14.5 Å². The summed E-state index contributed by atoms with van der Waals surface area (Å²) in [6.07, 6.45) is 1.82. The van der Waals surface area contributed by atoms with Crippen LogP contribution in [-0.2, 0) is 9.53 Å². The number of amides is 1. The van der Waals surface area contributed by atoms with E-state index in [2.05, 4.69) is 65.0 Å². The molecule has 6 heteroatoms. The van der Waals surface area contributed by atoms with Crippen LogP contribution in [0.3, 0.4) is 0 Å². The van der Waals surface area contributed by atoms with E-state index in [4.69, 9.17) is 4.74 Å². The monoisotopic (exact) mass is 394 g/mol. The van der Waals surface area contributed by atoms with Gasteiger partial charge in [0.15, 0.2) is 5.82 Å². The summed E-state index contributed by atoms with van der Waals surface area (Å²) in [7, 11) is 0. The molecule has 4 rings (SSSR count). The molecular weight excluding hydrogens is 364 g/mol. The summed E-state index contributed by atoms with van der Waals surface area (Å²) in [6.45, 7) is 11.5. The Labute approximate surface area is 172 Å². The van der Waals surface area contributed by atoms with Crippen molar-refractivity contribution in [1.82, 2.24) is 15.1 Å². The average Bonchev–Trinajstić information content (AvgIpc) is 3.27. The smallest absolute Gasteiger partial charge is 0.249 e. The zero-order valence-corrected chi connectivity index (χ0v) is 17.8. The molecule has 154 valence electrons. The van der Waals surface area contributed by atoms with Gasteiger partial charge in [0.1, 0.15) is 6.61 Å². The molecular formula is C23H30N4O2. The third kappa shape index (κ3) is 3.62. The van der Waals surface area contributed by atoms with Crippen molar-refractivity contribution in [2.75, 3.05) is 37.7 Å². The number of likely N-dealkylation sites (tertiary alicyclic amines) is 1. The van der Waals surface area contributed by atoms with Gasteiger partial charge >= 0.3 is 0 Å². The lowest BCUT2D eigenvalue weighted by Crippen LogP contribution is -2.38. The van der Waals surface area contributed by atoms with Crippen LogP contribution in [0.1, 0.15) is 35.2 Å². The zero-order valence-electron chi connectivity index (χ0n) is 17.8. The average molecular weight is 395 g/mol. The molecule has 2 fully saturated rings. The summed E-state index contributed by atoms with van der Waals surface area (Å²) >= 11 is 0. The number of carbonyl (C=O) groups is 1. The van der Waals surface area contributed by atoms with E-state index in [0.29, 0.717) is 18.4 Å². The van der Waals surface area contributed by atoms with Gasteiger partial charge in [-0.3, -0.25) is 4.79 Å². The fourth-order valence-corrected chi connectivity index (χ4v) is 4.88. The number of anilines is 1. The van der Waals surface area contributed by atoms with E-state index in [0.717, 1.165) is 31.0 Å². The first-order valence-corrected chi connectivity index (χ1v) is 10.5. The number of hydrogen-bond acceptors (Lipinski definition) is 5. The van der Waals surface area contributed by atoms with Gasteiger partial charge in [-0.15, -0.1) is 5.10 Å². The molecule has 0 radical (unpaired) electrons. The maximum Gasteiger partial charge on any atom is 0.249 e. The molecule has 0 saturated carbocycles. The van der Waals surface area contributed by atoms with E-state index in [-0.39, 0.29) is 18.6 Å². The number of nitrogens with zero attached hydrogens (tertiary/aromatic N) is 4. The van der Waals surface area contributed by atoms with Crippen molar-refractivity contribution in [3.8, 4) is 0 Å². The highest BCUT2D eigenvalue weighted by atomic mass is 16.5. The molecule has 0 N–H and O–H groups in total. The van der Waals surface area contributed by atoms with E-state index in [1.165, 1.54) is 16.7 Å². The molecule has 2 aliphatic rings. The van der Waals surface area contributed by atoms with Crippen LogP contribution in [0, 0.1) is 32.6 Å². The SMILES string of the molecule is CCOCC(=O)N1C[C@@H]2CN(c3nncc(C)c3C)C[C@@H]2[C@@H]1c1ccccc1C. The summed E-state index contributed by atoms with van der Waals surface area (Å²) in [5.74, 6) is 1.87. The van der Waals surface area contributed by atoms with Crippen molar-refractivity contribution in [2.24, 2.45) is 11.8 Å². The molecule has 29 heavy (non-hydrogen) atoms. The normalized spacial score (nSPS) is 23.5. The molecule has 1 amide bonds. The number of aromatic nitrogens is 2. The largest absolute Gasteiger partial charge is 0.372 e. The topological polar surface area (TPSA) is 58.6 Å². The Balaban J connectivity index is 1.64. The van der Waals surface area contributed by atoms with Crippen molar-refractivity contribution in [3.05, 3.63) is 52.7 Å². The van der Waals surface area contributed by atoms with Crippen LogP contribution in [0.5, 0.6) is 0 Å². The van der Waals surface area contributed by atoms with E-state index in [1.807, 2.05) is 13.1 Å². The molecule has 3 atom stereocenters. The quantitative estimate of drug-likeness (QED) is 0.780. The minimum atomic E-state index is 0.0808. The molecule has 6 nitrogen and oxygen atoms in total. The van der Waals surface area contributed by atoms with Crippen LogP contribution < -0.4 is 4.90 Å². The van der Waals surface area contributed by atoms with Crippen molar-refractivity contribution in [1.29, 1.82) is 0 Å². The van der Waals surface area contributed by atoms with Gasteiger partial charge in [-0.2, -0.15) is 5.10 Å². The maximum absolute atomic E-state index is 12.9. The van der Waals surface area contributed by atoms with Gasteiger partial charge in [-0.1, -0.05) is 24.3 Å². The summed E-state index contributed by atoms with van der Waals surface area (Å²) in [4.78, 5) is 17.4. The van der Waals surface area contributed by atoms with E-state index >= 15 is 0 Å². The highest BCUT2D eigenvalue weighted by Gasteiger charge is 2.49. The summed E-state index contributed by atoms with van der Waals surface area (Å²) < 4.78 is 5.44. The Bertz CT molecular complexity index is 900. The Morgan fingerprint density at radius 1 is 1.14 bits per heavy atom. The Morgan fingerprint density at radius 3 is 2.69 bits per heavy atom. The van der Waals surface area contributed by atoms with Crippen LogP contribution in [0.15, 0.2) is 30.5 Å². The molecule has 3 heterocycles.